The van der Waals surface area contributed by atoms with Crippen molar-refractivity contribution in [3.05, 3.63) is 23.9 Å². The van der Waals surface area contributed by atoms with Crippen molar-refractivity contribution in [1.82, 2.24) is 9.29 Å². The minimum absolute atomic E-state index is 0.0366. The van der Waals surface area contributed by atoms with Gasteiger partial charge in [-0.3, -0.25) is 0 Å². The Bertz CT molecular complexity index is 485. The van der Waals surface area contributed by atoms with Crippen LogP contribution in [0.25, 0.3) is 0 Å². The van der Waals surface area contributed by atoms with Gasteiger partial charge in [-0.15, -0.1) is 0 Å². The molecule has 1 rings (SSSR count). The lowest BCUT2D eigenvalue weighted by atomic mass is 10.3. The van der Waals surface area contributed by atoms with E-state index >= 15 is 0 Å². The molecule has 0 amide bonds. The smallest absolute Gasteiger partial charge is 0.260 e. The number of nitrogens with two attached hydrogens (primary N) is 1. The largest absolute Gasteiger partial charge is 0.383 e. The van der Waals surface area contributed by atoms with E-state index in [1.54, 1.807) is 13.2 Å². The summed E-state index contributed by atoms with van der Waals surface area (Å²) in [5, 5.41) is 0.0366. The zero-order valence-electron chi connectivity index (χ0n) is 11.5. The summed E-state index contributed by atoms with van der Waals surface area (Å²) in [5.41, 5.74) is 6.26. The first-order chi connectivity index (χ1) is 8.93. The molecular formula is C12H21N3O3S. The summed E-state index contributed by atoms with van der Waals surface area (Å²) in [4.78, 5) is 3.98. The van der Waals surface area contributed by atoms with Crippen LogP contribution in [0.2, 0.25) is 0 Å². The third-order valence-corrected chi connectivity index (χ3v) is 4.69. The maximum Gasteiger partial charge on any atom is 0.260 e. The first-order valence-corrected chi connectivity index (χ1v) is 7.53. The van der Waals surface area contributed by atoms with Gasteiger partial charge in [0.05, 0.1) is 6.61 Å². The molecule has 108 valence electrons. The molecule has 0 aliphatic heterocycles. The van der Waals surface area contributed by atoms with Gasteiger partial charge in [0.15, 0.2) is 5.03 Å². The molecule has 0 unspecified atom stereocenters. The summed E-state index contributed by atoms with van der Waals surface area (Å²) >= 11 is 0. The molecule has 1 aromatic rings. The fourth-order valence-corrected chi connectivity index (χ4v) is 3.18. The van der Waals surface area contributed by atoms with Crippen LogP contribution in [-0.4, -0.2) is 44.0 Å². The number of hydrogen-bond acceptors (Lipinski definition) is 5. The zero-order chi connectivity index (χ0) is 14.5. The number of pyridine rings is 1. The minimum atomic E-state index is -3.60. The van der Waals surface area contributed by atoms with Crippen molar-refractivity contribution in [1.29, 1.82) is 0 Å². The van der Waals surface area contributed by atoms with Crippen LogP contribution in [0.1, 0.15) is 19.4 Å². The number of rotatable bonds is 7. The lowest BCUT2D eigenvalue weighted by Gasteiger charge is -2.25. The molecule has 0 saturated heterocycles. The Labute approximate surface area is 114 Å². The summed E-state index contributed by atoms with van der Waals surface area (Å²) in [5.74, 6) is 0. The van der Waals surface area contributed by atoms with Gasteiger partial charge in [0.25, 0.3) is 10.0 Å². The molecule has 0 atom stereocenters. The summed E-state index contributed by atoms with van der Waals surface area (Å²) < 4.78 is 31.2. The topological polar surface area (TPSA) is 85.5 Å². The second-order valence-corrected chi connectivity index (χ2v) is 6.25. The van der Waals surface area contributed by atoms with Crippen LogP contribution in [0, 0.1) is 0 Å². The number of nitrogens with zero attached hydrogens (tertiary/aromatic N) is 2. The highest BCUT2D eigenvalue weighted by atomic mass is 32.2. The van der Waals surface area contributed by atoms with Crippen molar-refractivity contribution in [2.45, 2.75) is 31.5 Å². The first kappa shape index (κ1) is 16.0. The molecule has 1 heterocycles. The average Bonchev–Trinajstić information content (AvgIpc) is 2.38. The summed E-state index contributed by atoms with van der Waals surface area (Å²) in [6.07, 6.45) is 1.49. The van der Waals surface area contributed by atoms with Gasteiger partial charge in [-0.25, -0.2) is 13.4 Å². The minimum Gasteiger partial charge on any atom is -0.383 e. The van der Waals surface area contributed by atoms with Crippen molar-refractivity contribution < 1.29 is 13.2 Å². The predicted molar refractivity (Wildman–Crippen MR) is 73.0 cm³/mol. The van der Waals surface area contributed by atoms with Crippen LogP contribution in [0.5, 0.6) is 0 Å². The van der Waals surface area contributed by atoms with E-state index in [1.165, 1.54) is 16.6 Å². The standard InChI is InChI=1S/C12H21N3O3S/c1-10(2)15(6-7-18-3)19(16,17)12-5-4-11(8-13)9-14-12/h4-5,9-10H,6-8,13H2,1-3H3. The van der Waals surface area contributed by atoms with E-state index in [0.717, 1.165) is 5.56 Å². The Balaban J connectivity index is 3.04. The van der Waals surface area contributed by atoms with Crippen LogP contribution < -0.4 is 5.73 Å². The van der Waals surface area contributed by atoms with Gasteiger partial charge in [0.1, 0.15) is 0 Å². The molecule has 19 heavy (non-hydrogen) atoms. The number of sulfonamides is 1. The Hall–Kier alpha value is -1.02. The van der Waals surface area contributed by atoms with Gasteiger partial charge in [0.2, 0.25) is 0 Å². The number of methoxy groups -OCH3 is 1. The Morgan fingerprint density at radius 2 is 2.11 bits per heavy atom. The number of ether oxygens (including phenoxy) is 1. The molecule has 6 nitrogen and oxygen atoms in total. The van der Waals surface area contributed by atoms with Crippen molar-refractivity contribution in [3.8, 4) is 0 Å². The van der Waals surface area contributed by atoms with E-state index in [4.69, 9.17) is 10.5 Å². The Morgan fingerprint density at radius 1 is 1.42 bits per heavy atom. The van der Waals surface area contributed by atoms with Crippen LogP contribution in [-0.2, 0) is 21.3 Å². The zero-order valence-corrected chi connectivity index (χ0v) is 12.4. The van der Waals surface area contributed by atoms with E-state index < -0.39 is 10.0 Å². The van der Waals surface area contributed by atoms with Gasteiger partial charge in [-0.2, -0.15) is 4.31 Å². The maximum atomic E-state index is 12.5. The molecule has 0 radical (unpaired) electrons. The normalized spacial score (nSPS) is 12.3. The van der Waals surface area contributed by atoms with E-state index in [-0.39, 0.29) is 11.1 Å². The number of hydrogen-bond donors (Lipinski definition) is 1. The quantitative estimate of drug-likeness (QED) is 0.793. The molecule has 0 saturated carbocycles. The molecule has 0 bridgehead atoms. The molecular weight excluding hydrogens is 266 g/mol. The molecule has 0 aliphatic carbocycles. The fourth-order valence-electron chi connectivity index (χ4n) is 1.64. The van der Waals surface area contributed by atoms with Crippen molar-refractivity contribution in [3.63, 3.8) is 0 Å². The third-order valence-electron chi connectivity index (χ3n) is 2.70. The average molecular weight is 287 g/mol. The molecule has 0 spiro atoms. The predicted octanol–water partition coefficient (Wildman–Crippen LogP) is 0.586. The van der Waals surface area contributed by atoms with E-state index in [0.29, 0.717) is 19.7 Å². The van der Waals surface area contributed by atoms with E-state index in [2.05, 4.69) is 4.98 Å². The maximum absolute atomic E-state index is 12.5. The van der Waals surface area contributed by atoms with Crippen LogP contribution in [0.3, 0.4) is 0 Å². The SMILES string of the molecule is COCCN(C(C)C)S(=O)(=O)c1ccc(CN)cn1. The molecule has 0 fully saturated rings. The van der Waals surface area contributed by atoms with Gasteiger partial charge in [-0.1, -0.05) is 6.07 Å². The van der Waals surface area contributed by atoms with Gasteiger partial charge in [-0.05, 0) is 25.5 Å². The molecule has 7 heteroatoms. The van der Waals surface area contributed by atoms with Gasteiger partial charge < -0.3 is 10.5 Å². The van der Waals surface area contributed by atoms with Crippen LogP contribution >= 0.6 is 0 Å². The van der Waals surface area contributed by atoms with Gasteiger partial charge >= 0.3 is 0 Å². The van der Waals surface area contributed by atoms with Crippen LogP contribution in [0.15, 0.2) is 23.4 Å². The third kappa shape index (κ3) is 3.97. The summed E-state index contributed by atoms with van der Waals surface area (Å²) in [6.45, 7) is 4.63. The van der Waals surface area contributed by atoms with E-state index in [9.17, 15) is 8.42 Å². The summed E-state index contributed by atoms with van der Waals surface area (Å²) in [6, 6.07) is 3.00. The highest BCUT2D eigenvalue weighted by molar-refractivity contribution is 7.89. The lowest BCUT2D eigenvalue weighted by molar-refractivity contribution is 0.170. The van der Waals surface area contributed by atoms with Crippen molar-refractivity contribution in [2.75, 3.05) is 20.3 Å². The van der Waals surface area contributed by atoms with E-state index in [1.807, 2.05) is 13.8 Å². The second kappa shape index (κ2) is 6.95. The molecule has 0 aliphatic rings. The Morgan fingerprint density at radius 3 is 2.53 bits per heavy atom. The van der Waals surface area contributed by atoms with Crippen LogP contribution in [0.4, 0.5) is 0 Å². The van der Waals surface area contributed by atoms with Crippen molar-refractivity contribution >= 4 is 10.0 Å². The molecule has 1 aromatic heterocycles. The fraction of sp³-hybridized carbons (Fsp3) is 0.583. The second-order valence-electron chi connectivity index (χ2n) is 4.41. The highest BCUT2D eigenvalue weighted by Crippen LogP contribution is 2.16. The summed E-state index contributed by atoms with van der Waals surface area (Å²) in [7, 11) is -2.06. The monoisotopic (exact) mass is 287 g/mol. The number of aromatic nitrogens is 1. The molecule has 0 aromatic carbocycles. The lowest BCUT2D eigenvalue weighted by Crippen LogP contribution is -2.39. The van der Waals surface area contributed by atoms with Gasteiger partial charge in [0, 0.05) is 32.4 Å². The molecule has 2 N–H and O–H groups in total. The first-order valence-electron chi connectivity index (χ1n) is 6.09. The Kier molecular flexibility index (Phi) is 5.86. The highest BCUT2D eigenvalue weighted by Gasteiger charge is 2.27. The van der Waals surface area contributed by atoms with Crippen molar-refractivity contribution in [2.24, 2.45) is 5.73 Å².